The van der Waals surface area contributed by atoms with Gasteiger partial charge in [0.25, 0.3) is 5.91 Å². The number of hydrogen-bond donors (Lipinski definition) is 1. The number of hydrogen-bond acceptors (Lipinski definition) is 4. The molecule has 3 rings (SSSR count). The van der Waals surface area contributed by atoms with Gasteiger partial charge in [0.15, 0.2) is 0 Å². The number of amides is 1. The van der Waals surface area contributed by atoms with E-state index in [4.69, 9.17) is 9.47 Å². The number of nitrogens with one attached hydrogen (secondary N) is 1. The van der Waals surface area contributed by atoms with Crippen LogP contribution in [0.5, 0.6) is 5.75 Å². The van der Waals surface area contributed by atoms with Crippen LogP contribution in [0, 0.1) is 5.92 Å². The minimum absolute atomic E-state index is 0.161. The van der Waals surface area contributed by atoms with Crippen LogP contribution in [0.15, 0.2) is 54.6 Å². The average Bonchev–Trinajstić information content (AvgIpc) is 3.48. The molecule has 1 amide bonds. The molecule has 5 heteroatoms. The van der Waals surface area contributed by atoms with Gasteiger partial charge in [0.1, 0.15) is 18.9 Å². The molecule has 130 valence electrons. The molecule has 0 spiro atoms. The highest BCUT2D eigenvalue weighted by Gasteiger charge is 2.21. The van der Waals surface area contributed by atoms with Crippen LogP contribution in [0.2, 0.25) is 0 Å². The van der Waals surface area contributed by atoms with Gasteiger partial charge in [0, 0.05) is 5.56 Å². The summed E-state index contributed by atoms with van der Waals surface area (Å²) in [6, 6.07) is 16.3. The van der Waals surface area contributed by atoms with Crippen molar-refractivity contribution in [2.75, 3.05) is 13.2 Å². The van der Waals surface area contributed by atoms with E-state index >= 15 is 0 Å². The molecule has 2 aromatic carbocycles. The second-order valence-corrected chi connectivity index (χ2v) is 6.11. The lowest BCUT2D eigenvalue weighted by Gasteiger charge is -2.08. The van der Waals surface area contributed by atoms with Crippen LogP contribution in [-0.4, -0.2) is 25.0 Å². The summed E-state index contributed by atoms with van der Waals surface area (Å²) in [5.41, 5.74) is 1.39. The van der Waals surface area contributed by atoms with Crippen LogP contribution in [0.25, 0.3) is 0 Å². The lowest BCUT2D eigenvalue weighted by molar-refractivity contribution is -0.143. The molecule has 1 aliphatic carbocycles. The van der Waals surface area contributed by atoms with Crippen molar-refractivity contribution >= 4 is 11.9 Å². The molecule has 5 nitrogen and oxygen atoms in total. The fourth-order valence-electron chi connectivity index (χ4n) is 2.24. The van der Waals surface area contributed by atoms with Gasteiger partial charge in [-0.15, -0.1) is 0 Å². The van der Waals surface area contributed by atoms with E-state index in [0.29, 0.717) is 11.5 Å². The van der Waals surface area contributed by atoms with Gasteiger partial charge in [-0.25, -0.2) is 0 Å². The minimum atomic E-state index is -0.471. The molecule has 0 unspecified atom stereocenters. The largest absolute Gasteiger partial charge is 0.493 e. The molecular formula is C20H21NO4. The smallest absolute Gasteiger partial charge is 0.325 e. The third-order valence-electron chi connectivity index (χ3n) is 3.94. The Morgan fingerprint density at radius 1 is 1.00 bits per heavy atom. The Kier molecular flexibility index (Phi) is 5.67. The summed E-state index contributed by atoms with van der Waals surface area (Å²) in [5.74, 6) is 0.655. The van der Waals surface area contributed by atoms with Gasteiger partial charge in [0.05, 0.1) is 6.61 Å². The fraction of sp³-hybridized carbons (Fsp3) is 0.300. The summed E-state index contributed by atoms with van der Waals surface area (Å²) < 4.78 is 10.8. The van der Waals surface area contributed by atoms with Crippen molar-refractivity contribution in [2.24, 2.45) is 5.92 Å². The number of rotatable bonds is 8. The van der Waals surface area contributed by atoms with Crippen molar-refractivity contribution in [3.05, 3.63) is 65.7 Å². The maximum Gasteiger partial charge on any atom is 0.325 e. The molecule has 1 saturated carbocycles. The Bertz CT molecular complexity index is 708. The first-order valence-electron chi connectivity index (χ1n) is 8.41. The molecule has 1 aliphatic rings. The molecule has 0 atom stereocenters. The van der Waals surface area contributed by atoms with E-state index in [0.717, 1.165) is 17.9 Å². The van der Waals surface area contributed by atoms with Gasteiger partial charge in [-0.3, -0.25) is 9.59 Å². The van der Waals surface area contributed by atoms with E-state index in [-0.39, 0.29) is 19.1 Å². The fourth-order valence-corrected chi connectivity index (χ4v) is 2.24. The standard InChI is InChI=1S/C20H21NO4/c22-19(25-14-15-4-2-1-3-5-15)12-21-20(23)17-8-10-18(11-9-17)24-13-16-6-7-16/h1-5,8-11,16H,6-7,12-14H2,(H,21,23). The van der Waals surface area contributed by atoms with Crippen LogP contribution in [0.1, 0.15) is 28.8 Å². The Balaban J connectivity index is 1.39. The zero-order valence-electron chi connectivity index (χ0n) is 13.9. The van der Waals surface area contributed by atoms with Crippen LogP contribution in [-0.2, 0) is 16.1 Å². The highest BCUT2D eigenvalue weighted by molar-refractivity contribution is 5.96. The summed E-state index contributed by atoms with van der Waals surface area (Å²) in [6.07, 6.45) is 2.47. The Labute approximate surface area is 147 Å². The van der Waals surface area contributed by atoms with Crippen molar-refractivity contribution in [3.63, 3.8) is 0 Å². The van der Waals surface area contributed by atoms with Crippen molar-refractivity contribution in [2.45, 2.75) is 19.4 Å². The predicted molar refractivity (Wildman–Crippen MR) is 93.2 cm³/mol. The number of ether oxygens (including phenoxy) is 2. The number of esters is 1. The van der Waals surface area contributed by atoms with Crippen LogP contribution < -0.4 is 10.1 Å². The van der Waals surface area contributed by atoms with Crippen molar-refractivity contribution < 1.29 is 19.1 Å². The third-order valence-corrected chi connectivity index (χ3v) is 3.94. The van der Waals surface area contributed by atoms with Crippen LogP contribution >= 0.6 is 0 Å². The van der Waals surface area contributed by atoms with Crippen LogP contribution in [0.3, 0.4) is 0 Å². The maximum atomic E-state index is 12.1. The molecule has 25 heavy (non-hydrogen) atoms. The molecule has 2 aromatic rings. The van der Waals surface area contributed by atoms with Crippen molar-refractivity contribution in [1.82, 2.24) is 5.32 Å². The first kappa shape index (κ1) is 17.0. The van der Waals surface area contributed by atoms with Crippen LogP contribution in [0.4, 0.5) is 0 Å². The Hall–Kier alpha value is -2.82. The molecule has 0 heterocycles. The lowest BCUT2D eigenvalue weighted by atomic mass is 10.2. The van der Waals surface area contributed by atoms with E-state index in [9.17, 15) is 9.59 Å². The molecule has 1 fully saturated rings. The van der Waals surface area contributed by atoms with Gasteiger partial charge in [-0.2, -0.15) is 0 Å². The van der Waals surface area contributed by atoms with Crippen molar-refractivity contribution in [1.29, 1.82) is 0 Å². The van der Waals surface area contributed by atoms with E-state index in [1.54, 1.807) is 24.3 Å². The van der Waals surface area contributed by atoms with Gasteiger partial charge >= 0.3 is 5.97 Å². The molecule has 0 aliphatic heterocycles. The quantitative estimate of drug-likeness (QED) is 0.751. The van der Waals surface area contributed by atoms with E-state index in [2.05, 4.69) is 5.32 Å². The predicted octanol–water partition coefficient (Wildman–Crippen LogP) is 2.95. The molecule has 0 radical (unpaired) electrons. The Morgan fingerprint density at radius 2 is 1.72 bits per heavy atom. The molecule has 0 bridgehead atoms. The Morgan fingerprint density at radius 3 is 2.40 bits per heavy atom. The highest BCUT2D eigenvalue weighted by atomic mass is 16.5. The SMILES string of the molecule is O=C(CNC(=O)c1ccc(OCC2CC2)cc1)OCc1ccccc1. The average molecular weight is 339 g/mol. The second kappa shape index (κ2) is 8.33. The summed E-state index contributed by atoms with van der Waals surface area (Å²) >= 11 is 0. The van der Waals surface area contributed by atoms with Gasteiger partial charge in [-0.05, 0) is 48.6 Å². The van der Waals surface area contributed by atoms with Gasteiger partial charge in [0.2, 0.25) is 0 Å². The van der Waals surface area contributed by atoms with Gasteiger partial charge in [-0.1, -0.05) is 30.3 Å². The second-order valence-electron chi connectivity index (χ2n) is 6.11. The number of carbonyl (C=O) groups excluding carboxylic acids is 2. The zero-order valence-corrected chi connectivity index (χ0v) is 13.9. The van der Waals surface area contributed by atoms with Crippen molar-refractivity contribution in [3.8, 4) is 5.75 Å². The molecule has 0 saturated heterocycles. The summed E-state index contributed by atoms with van der Waals surface area (Å²) in [4.78, 5) is 23.8. The molecule has 1 N–H and O–H groups in total. The van der Waals surface area contributed by atoms with Gasteiger partial charge < -0.3 is 14.8 Å². The van der Waals surface area contributed by atoms with E-state index in [1.165, 1.54) is 12.8 Å². The zero-order chi connectivity index (χ0) is 17.5. The highest BCUT2D eigenvalue weighted by Crippen LogP contribution is 2.29. The van der Waals surface area contributed by atoms with E-state index in [1.807, 2.05) is 30.3 Å². The lowest BCUT2D eigenvalue weighted by Crippen LogP contribution is -2.30. The summed E-state index contributed by atoms with van der Waals surface area (Å²) in [7, 11) is 0. The first-order valence-corrected chi connectivity index (χ1v) is 8.41. The number of carbonyl (C=O) groups is 2. The summed E-state index contributed by atoms with van der Waals surface area (Å²) in [5, 5.41) is 2.56. The summed E-state index contributed by atoms with van der Waals surface area (Å²) in [6.45, 7) is 0.771. The molecule has 0 aromatic heterocycles. The van der Waals surface area contributed by atoms with E-state index < -0.39 is 5.97 Å². The number of benzene rings is 2. The normalized spacial score (nSPS) is 13.1. The minimum Gasteiger partial charge on any atom is -0.493 e. The molecular weight excluding hydrogens is 318 g/mol. The third kappa shape index (κ3) is 5.64. The maximum absolute atomic E-state index is 12.1. The topological polar surface area (TPSA) is 64.6 Å². The first-order chi connectivity index (χ1) is 12.2. The monoisotopic (exact) mass is 339 g/mol.